The molecule has 0 saturated carbocycles. The van der Waals surface area contributed by atoms with Crippen molar-refractivity contribution in [3.8, 4) is 5.75 Å². The van der Waals surface area contributed by atoms with Crippen LogP contribution in [-0.4, -0.2) is 40.6 Å². The van der Waals surface area contributed by atoms with Gasteiger partial charge in [0.25, 0.3) is 0 Å². The molecule has 0 radical (unpaired) electrons. The van der Waals surface area contributed by atoms with E-state index in [-0.39, 0.29) is 46.0 Å². The Morgan fingerprint density at radius 3 is 2.32 bits per heavy atom. The number of ketones is 2. The lowest BCUT2D eigenvalue weighted by atomic mass is 9.82. The molecule has 3 heterocycles. The van der Waals surface area contributed by atoms with Crippen molar-refractivity contribution in [2.75, 3.05) is 13.1 Å². The standard InChI is InChI=1S/C29H20F2N2O5/c30-18-10-6-16(7-11-18)25(34)22-24(23-26(35)20-4-1-2-5-21(20)38-28(23)36)29(37,17-8-12-19(31)13-9-17)33-15-3-14-32-27(22)33/h1-2,4-13,32,37H,3,14-15H2/b24-23+. The first kappa shape index (κ1) is 23.7. The van der Waals surface area contributed by atoms with Crippen molar-refractivity contribution in [3.63, 3.8) is 0 Å². The second kappa shape index (κ2) is 8.74. The molecule has 0 spiro atoms. The Balaban J connectivity index is 1.67. The third kappa shape index (κ3) is 3.47. The molecular formula is C29H20F2N2O5. The van der Waals surface area contributed by atoms with Crippen LogP contribution in [0.15, 0.2) is 95.3 Å². The van der Waals surface area contributed by atoms with Crippen molar-refractivity contribution in [2.45, 2.75) is 12.1 Å². The molecule has 6 rings (SSSR count). The van der Waals surface area contributed by atoms with Crippen LogP contribution < -0.4 is 10.1 Å². The van der Waals surface area contributed by atoms with Crippen molar-refractivity contribution >= 4 is 17.5 Å². The molecule has 1 atom stereocenters. The number of aliphatic hydroxyl groups is 1. The highest BCUT2D eigenvalue weighted by atomic mass is 19.1. The van der Waals surface area contributed by atoms with Gasteiger partial charge in [-0.25, -0.2) is 13.6 Å². The summed E-state index contributed by atoms with van der Waals surface area (Å²) in [6.07, 6.45) is 0.564. The second-order valence-electron chi connectivity index (χ2n) is 9.14. The largest absolute Gasteiger partial charge is 0.422 e. The van der Waals surface area contributed by atoms with Gasteiger partial charge in [0.1, 0.15) is 28.8 Å². The molecule has 2 N–H and O–H groups in total. The summed E-state index contributed by atoms with van der Waals surface area (Å²) < 4.78 is 33.0. The third-order valence-electron chi connectivity index (χ3n) is 6.94. The number of Topliss-reactive ketones (excluding diaryl/α,β-unsaturated/α-hetero) is 2. The number of halogens is 2. The van der Waals surface area contributed by atoms with E-state index in [4.69, 9.17) is 4.74 Å². The summed E-state index contributed by atoms with van der Waals surface area (Å²) in [6, 6.07) is 15.9. The van der Waals surface area contributed by atoms with Crippen LogP contribution in [0.4, 0.5) is 8.78 Å². The number of hydrogen-bond acceptors (Lipinski definition) is 7. The smallest absolute Gasteiger partial charge is 0.348 e. The Labute approximate surface area is 215 Å². The van der Waals surface area contributed by atoms with E-state index >= 15 is 0 Å². The zero-order valence-electron chi connectivity index (χ0n) is 19.8. The third-order valence-corrected chi connectivity index (χ3v) is 6.94. The van der Waals surface area contributed by atoms with Crippen LogP contribution in [0.2, 0.25) is 0 Å². The summed E-state index contributed by atoms with van der Waals surface area (Å²) in [4.78, 5) is 42.7. The Kier molecular flexibility index (Phi) is 5.46. The summed E-state index contributed by atoms with van der Waals surface area (Å²) in [5.74, 6) is -3.23. The molecule has 190 valence electrons. The van der Waals surface area contributed by atoms with E-state index < -0.39 is 40.5 Å². The summed E-state index contributed by atoms with van der Waals surface area (Å²) >= 11 is 0. The number of hydrogen-bond donors (Lipinski definition) is 2. The lowest BCUT2D eigenvalue weighted by Crippen LogP contribution is -2.50. The van der Waals surface area contributed by atoms with E-state index in [0.29, 0.717) is 13.0 Å². The highest BCUT2D eigenvalue weighted by Crippen LogP contribution is 2.50. The minimum absolute atomic E-state index is 0.0603. The van der Waals surface area contributed by atoms with Crippen LogP contribution in [0.5, 0.6) is 5.75 Å². The average Bonchev–Trinajstić information content (AvgIpc) is 3.18. The maximum atomic E-state index is 14.0. The topological polar surface area (TPSA) is 95.9 Å². The number of nitrogens with zero attached hydrogens (tertiary/aromatic N) is 1. The Hall–Kier alpha value is -4.63. The fraction of sp³-hybridized carbons (Fsp3) is 0.138. The van der Waals surface area contributed by atoms with Gasteiger partial charge in [0, 0.05) is 29.8 Å². The molecule has 1 saturated heterocycles. The van der Waals surface area contributed by atoms with Gasteiger partial charge in [0.2, 0.25) is 5.78 Å². The minimum Gasteiger partial charge on any atom is -0.422 e. The number of benzene rings is 3. The van der Waals surface area contributed by atoms with Gasteiger partial charge in [-0.15, -0.1) is 0 Å². The first-order valence-electron chi connectivity index (χ1n) is 12.0. The molecule has 1 unspecified atom stereocenters. The number of carbonyl (C=O) groups excluding carboxylic acids is 3. The molecule has 0 aromatic heterocycles. The van der Waals surface area contributed by atoms with E-state index in [0.717, 1.165) is 24.3 Å². The van der Waals surface area contributed by atoms with Gasteiger partial charge in [-0.2, -0.15) is 0 Å². The van der Waals surface area contributed by atoms with E-state index in [1.165, 1.54) is 41.3 Å². The molecular weight excluding hydrogens is 494 g/mol. The van der Waals surface area contributed by atoms with Crippen molar-refractivity contribution in [3.05, 3.63) is 124 Å². The zero-order valence-corrected chi connectivity index (χ0v) is 19.8. The molecule has 38 heavy (non-hydrogen) atoms. The number of ether oxygens (including phenoxy) is 1. The van der Waals surface area contributed by atoms with Crippen LogP contribution >= 0.6 is 0 Å². The number of esters is 1. The van der Waals surface area contributed by atoms with E-state index in [9.17, 15) is 28.3 Å². The number of carbonyl (C=O) groups is 3. The first-order valence-corrected chi connectivity index (χ1v) is 12.0. The van der Waals surface area contributed by atoms with Gasteiger partial charge in [-0.1, -0.05) is 24.3 Å². The molecule has 0 aliphatic carbocycles. The molecule has 1 fully saturated rings. The van der Waals surface area contributed by atoms with Gasteiger partial charge >= 0.3 is 5.97 Å². The monoisotopic (exact) mass is 514 g/mol. The minimum atomic E-state index is -2.20. The summed E-state index contributed by atoms with van der Waals surface area (Å²) in [6.45, 7) is 0.711. The molecule has 0 bridgehead atoms. The van der Waals surface area contributed by atoms with Crippen LogP contribution in [0, 0.1) is 11.6 Å². The second-order valence-corrected chi connectivity index (χ2v) is 9.14. The molecule has 9 heteroatoms. The Morgan fingerprint density at radius 1 is 0.947 bits per heavy atom. The maximum absolute atomic E-state index is 14.0. The predicted molar refractivity (Wildman–Crippen MR) is 131 cm³/mol. The normalized spacial score (nSPS) is 22.6. The molecule has 7 nitrogen and oxygen atoms in total. The fourth-order valence-electron chi connectivity index (χ4n) is 5.21. The van der Waals surface area contributed by atoms with Crippen molar-refractivity contribution in [2.24, 2.45) is 0 Å². The lowest BCUT2D eigenvalue weighted by Gasteiger charge is -2.41. The lowest BCUT2D eigenvalue weighted by molar-refractivity contribution is -0.130. The van der Waals surface area contributed by atoms with Crippen LogP contribution in [-0.2, 0) is 10.5 Å². The molecule has 3 aromatic carbocycles. The number of nitrogens with one attached hydrogen (secondary N) is 1. The molecule has 3 aliphatic rings. The average molecular weight is 514 g/mol. The van der Waals surface area contributed by atoms with E-state index in [1.54, 1.807) is 12.1 Å². The van der Waals surface area contributed by atoms with Gasteiger partial charge in [-0.05, 0) is 55.0 Å². The highest BCUT2D eigenvalue weighted by molar-refractivity contribution is 6.30. The molecule has 0 amide bonds. The van der Waals surface area contributed by atoms with Crippen LogP contribution in [0.1, 0.15) is 32.7 Å². The van der Waals surface area contributed by atoms with Crippen molar-refractivity contribution in [1.82, 2.24) is 10.2 Å². The van der Waals surface area contributed by atoms with Gasteiger partial charge < -0.3 is 20.1 Å². The fourth-order valence-corrected chi connectivity index (χ4v) is 5.21. The van der Waals surface area contributed by atoms with Crippen molar-refractivity contribution < 1.29 is 33.0 Å². The maximum Gasteiger partial charge on any atom is 0.348 e. The zero-order chi connectivity index (χ0) is 26.6. The van der Waals surface area contributed by atoms with Gasteiger partial charge in [0.05, 0.1) is 11.1 Å². The van der Waals surface area contributed by atoms with E-state index in [2.05, 4.69) is 5.32 Å². The first-order chi connectivity index (χ1) is 18.3. The number of fused-ring (bicyclic) bond motifs is 2. The summed E-state index contributed by atoms with van der Waals surface area (Å²) in [7, 11) is 0. The van der Waals surface area contributed by atoms with Crippen LogP contribution in [0.25, 0.3) is 0 Å². The van der Waals surface area contributed by atoms with Crippen molar-refractivity contribution in [1.29, 1.82) is 0 Å². The SMILES string of the molecule is O=C1Oc2ccccc2C(=O)/C1=C1/C(C(=O)c2ccc(F)cc2)=C2NCCCN2C1(O)c1ccc(F)cc1. The molecule has 3 aliphatic heterocycles. The summed E-state index contributed by atoms with van der Waals surface area (Å²) in [5, 5.41) is 15.6. The Morgan fingerprint density at radius 2 is 1.61 bits per heavy atom. The quantitative estimate of drug-likeness (QED) is 0.181. The predicted octanol–water partition coefficient (Wildman–Crippen LogP) is 3.61. The van der Waals surface area contributed by atoms with E-state index in [1.807, 2.05) is 0 Å². The summed E-state index contributed by atoms with van der Waals surface area (Å²) in [5.41, 5.74) is -2.78. The van der Waals surface area contributed by atoms with Gasteiger partial charge in [0.15, 0.2) is 11.5 Å². The number of rotatable bonds is 3. The highest BCUT2D eigenvalue weighted by Gasteiger charge is 2.56. The van der Waals surface area contributed by atoms with Crippen LogP contribution in [0.3, 0.4) is 0 Å². The Bertz CT molecular complexity index is 1580. The van der Waals surface area contributed by atoms with Gasteiger partial charge in [-0.3, -0.25) is 9.59 Å². The number of para-hydroxylation sites is 1. The molecule has 3 aromatic rings.